The summed E-state index contributed by atoms with van der Waals surface area (Å²) in [4.78, 5) is 18.0. The highest BCUT2D eigenvalue weighted by molar-refractivity contribution is 5.87. The molecule has 2 aliphatic heterocycles. The van der Waals surface area contributed by atoms with Crippen LogP contribution in [0.15, 0.2) is 30.3 Å². The molecule has 0 bridgehead atoms. The fourth-order valence-electron chi connectivity index (χ4n) is 4.61. The zero-order chi connectivity index (χ0) is 17.1. The molecular formula is C20H28N2O3. The lowest BCUT2D eigenvalue weighted by atomic mass is 9.91. The summed E-state index contributed by atoms with van der Waals surface area (Å²) in [5, 5.41) is 0. The van der Waals surface area contributed by atoms with E-state index in [4.69, 9.17) is 9.47 Å². The van der Waals surface area contributed by atoms with E-state index in [1.807, 2.05) is 18.2 Å². The minimum absolute atomic E-state index is 0.0120. The second-order valence-corrected chi connectivity index (χ2v) is 7.36. The zero-order valence-electron chi connectivity index (χ0n) is 14.9. The molecule has 5 nitrogen and oxygen atoms in total. The monoisotopic (exact) mass is 344 g/mol. The van der Waals surface area contributed by atoms with E-state index >= 15 is 0 Å². The van der Waals surface area contributed by atoms with Gasteiger partial charge < -0.3 is 14.4 Å². The Balaban J connectivity index is 1.51. The van der Waals surface area contributed by atoms with Crippen molar-refractivity contribution in [3.8, 4) is 0 Å². The van der Waals surface area contributed by atoms with E-state index in [2.05, 4.69) is 21.9 Å². The number of rotatable bonds is 3. The Morgan fingerprint density at radius 2 is 1.72 bits per heavy atom. The highest BCUT2D eigenvalue weighted by Crippen LogP contribution is 2.38. The van der Waals surface area contributed by atoms with Gasteiger partial charge >= 0.3 is 0 Å². The molecule has 2 heterocycles. The lowest BCUT2D eigenvalue weighted by Crippen LogP contribution is -2.62. The van der Waals surface area contributed by atoms with Crippen molar-refractivity contribution >= 4 is 5.91 Å². The lowest BCUT2D eigenvalue weighted by Gasteiger charge is -2.46. The Hall–Kier alpha value is -1.43. The number of hydrogen-bond acceptors (Lipinski definition) is 4. The summed E-state index contributed by atoms with van der Waals surface area (Å²) in [6, 6.07) is 10.3. The number of hydrogen-bond donors (Lipinski definition) is 0. The van der Waals surface area contributed by atoms with Crippen molar-refractivity contribution in [3.05, 3.63) is 35.9 Å². The van der Waals surface area contributed by atoms with Gasteiger partial charge in [0.15, 0.2) is 0 Å². The van der Waals surface area contributed by atoms with Crippen molar-refractivity contribution in [1.82, 2.24) is 9.80 Å². The van der Waals surface area contributed by atoms with E-state index in [1.165, 1.54) is 0 Å². The van der Waals surface area contributed by atoms with Gasteiger partial charge in [0.25, 0.3) is 0 Å². The van der Waals surface area contributed by atoms with Crippen molar-refractivity contribution < 1.29 is 14.3 Å². The molecule has 0 N–H and O–H groups in total. The number of carbonyl (C=O) groups excluding carboxylic acids is 1. The maximum Gasteiger partial charge on any atom is 0.243 e. The maximum atomic E-state index is 13.6. The van der Waals surface area contributed by atoms with Crippen LogP contribution >= 0.6 is 0 Å². The first-order valence-corrected chi connectivity index (χ1v) is 9.58. The van der Waals surface area contributed by atoms with Gasteiger partial charge in [-0.2, -0.15) is 0 Å². The number of ether oxygens (including phenoxy) is 2. The molecule has 0 aromatic heterocycles. The van der Waals surface area contributed by atoms with Crippen LogP contribution in [0.1, 0.15) is 37.4 Å². The van der Waals surface area contributed by atoms with E-state index in [9.17, 15) is 4.79 Å². The fourth-order valence-corrected chi connectivity index (χ4v) is 4.61. The van der Waals surface area contributed by atoms with Crippen LogP contribution in [0, 0.1) is 0 Å². The minimum atomic E-state index is -0.303. The first kappa shape index (κ1) is 17.0. The van der Waals surface area contributed by atoms with Crippen LogP contribution in [0.25, 0.3) is 0 Å². The number of benzene rings is 1. The van der Waals surface area contributed by atoms with Crippen LogP contribution in [0.5, 0.6) is 0 Å². The average Bonchev–Trinajstić information content (AvgIpc) is 3.20. The summed E-state index contributed by atoms with van der Waals surface area (Å²) in [6.07, 6.45) is 4.26. The average molecular weight is 344 g/mol. The van der Waals surface area contributed by atoms with E-state index in [0.717, 1.165) is 57.6 Å². The molecular weight excluding hydrogens is 316 g/mol. The van der Waals surface area contributed by atoms with Gasteiger partial charge in [-0.05, 0) is 18.4 Å². The van der Waals surface area contributed by atoms with Crippen molar-refractivity contribution in [2.24, 2.45) is 0 Å². The third-order valence-electron chi connectivity index (χ3n) is 5.97. The van der Waals surface area contributed by atoms with Crippen molar-refractivity contribution in [1.29, 1.82) is 0 Å². The number of carbonyl (C=O) groups is 1. The topological polar surface area (TPSA) is 42.0 Å². The smallest absolute Gasteiger partial charge is 0.243 e. The molecule has 1 amide bonds. The van der Waals surface area contributed by atoms with Crippen molar-refractivity contribution in [2.75, 3.05) is 46.0 Å². The predicted molar refractivity (Wildman–Crippen MR) is 95.3 cm³/mol. The summed E-state index contributed by atoms with van der Waals surface area (Å²) in [6.45, 7) is 5.21. The van der Waals surface area contributed by atoms with Crippen LogP contribution < -0.4 is 0 Å². The molecule has 1 saturated carbocycles. The van der Waals surface area contributed by atoms with Crippen LogP contribution in [0.4, 0.5) is 0 Å². The molecule has 1 aromatic rings. The third-order valence-corrected chi connectivity index (χ3v) is 5.97. The summed E-state index contributed by atoms with van der Waals surface area (Å²) in [5.41, 5.74) is 0.856. The molecule has 1 aliphatic carbocycles. The molecule has 5 heteroatoms. The van der Waals surface area contributed by atoms with Crippen LogP contribution in [-0.2, 0) is 14.3 Å². The molecule has 3 fully saturated rings. The summed E-state index contributed by atoms with van der Waals surface area (Å²) in [5.74, 6) is 0.316. The van der Waals surface area contributed by atoms with Gasteiger partial charge in [0.2, 0.25) is 5.91 Å². The van der Waals surface area contributed by atoms with E-state index < -0.39 is 0 Å². The van der Waals surface area contributed by atoms with E-state index in [1.54, 1.807) is 0 Å². The molecule has 2 saturated heterocycles. The van der Waals surface area contributed by atoms with E-state index in [-0.39, 0.29) is 11.6 Å². The standard InChI is InChI=1S/C20H28N2O3/c23-19(20(8-4-5-9-20)22-11-13-24-14-12-22)21-10-15-25-18(16-21)17-6-2-1-3-7-17/h1-3,6-7,18H,4-5,8-16H2/t18-/m1/s1. The number of amides is 1. The van der Waals surface area contributed by atoms with Gasteiger partial charge in [-0.1, -0.05) is 43.2 Å². The first-order valence-electron chi connectivity index (χ1n) is 9.58. The minimum Gasteiger partial charge on any atom is -0.379 e. The van der Waals surface area contributed by atoms with Crippen molar-refractivity contribution in [3.63, 3.8) is 0 Å². The molecule has 1 aromatic carbocycles. The van der Waals surface area contributed by atoms with Crippen LogP contribution in [0.2, 0.25) is 0 Å². The van der Waals surface area contributed by atoms with Crippen LogP contribution in [-0.4, -0.2) is 67.2 Å². The Morgan fingerprint density at radius 1 is 1.00 bits per heavy atom. The Labute approximate surface area is 149 Å². The second-order valence-electron chi connectivity index (χ2n) is 7.36. The molecule has 136 valence electrons. The van der Waals surface area contributed by atoms with Crippen LogP contribution in [0.3, 0.4) is 0 Å². The number of nitrogens with zero attached hydrogens (tertiary/aromatic N) is 2. The molecule has 0 radical (unpaired) electrons. The molecule has 0 unspecified atom stereocenters. The summed E-state index contributed by atoms with van der Waals surface area (Å²) < 4.78 is 11.5. The molecule has 0 spiro atoms. The molecule has 1 atom stereocenters. The zero-order valence-corrected chi connectivity index (χ0v) is 14.9. The third kappa shape index (κ3) is 3.33. The highest BCUT2D eigenvalue weighted by Gasteiger charge is 2.49. The van der Waals surface area contributed by atoms with Gasteiger partial charge in [0, 0.05) is 19.6 Å². The quantitative estimate of drug-likeness (QED) is 0.843. The van der Waals surface area contributed by atoms with Gasteiger partial charge in [0.05, 0.1) is 26.4 Å². The lowest BCUT2D eigenvalue weighted by molar-refractivity contribution is -0.155. The van der Waals surface area contributed by atoms with Gasteiger partial charge in [-0.25, -0.2) is 0 Å². The van der Waals surface area contributed by atoms with Gasteiger partial charge in [0.1, 0.15) is 11.6 Å². The number of morpholine rings is 2. The second kappa shape index (κ2) is 7.44. The van der Waals surface area contributed by atoms with E-state index in [0.29, 0.717) is 25.6 Å². The Morgan fingerprint density at radius 3 is 2.44 bits per heavy atom. The maximum absolute atomic E-state index is 13.6. The highest BCUT2D eigenvalue weighted by atomic mass is 16.5. The molecule has 4 rings (SSSR count). The fraction of sp³-hybridized carbons (Fsp3) is 0.650. The summed E-state index contributed by atoms with van der Waals surface area (Å²) >= 11 is 0. The SMILES string of the molecule is O=C(N1CCO[C@@H](c2ccccc2)C1)C1(N2CCOCC2)CCCC1. The van der Waals surface area contributed by atoms with Gasteiger partial charge in [-0.3, -0.25) is 9.69 Å². The predicted octanol–water partition coefficient (Wildman–Crippen LogP) is 2.23. The van der Waals surface area contributed by atoms with Crippen molar-refractivity contribution in [2.45, 2.75) is 37.3 Å². The largest absolute Gasteiger partial charge is 0.379 e. The first-order chi connectivity index (χ1) is 12.3. The normalized spacial score (nSPS) is 27.4. The molecule has 3 aliphatic rings. The Kier molecular flexibility index (Phi) is 5.06. The molecule has 25 heavy (non-hydrogen) atoms. The van der Waals surface area contributed by atoms with Gasteiger partial charge in [-0.15, -0.1) is 0 Å². The Bertz CT molecular complexity index is 580. The summed E-state index contributed by atoms with van der Waals surface area (Å²) in [7, 11) is 0.